The summed E-state index contributed by atoms with van der Waals surface area (Å²) in [5, 5.41) is 11.5. The van der Waals surface area contributed by atoms with Crippen molar-refractivity contribution >= 4 is 5.91 Å². The Balaban J connectivity index is 2.42. The number of hydrogen-bond donors (Lipinski definition) is 2. The molecule has 0 aliphatic rings. The lowest BCUT2D eigenvalue weighted by Gasteiger charge is -2.01. The van der Waals surface area contributed by atoms with Gasteiger partial charge in [-0.1, -0.05) is 30.3 Å². The van der Waals surface area contributed by atoms with Crippen LogP contribution >= 0.6 is 0 Å². The third kappa shape index (κ3) is 3.76. The SMILES string of the molecule is C/C(O)=C/C(=O)NCc1ccccc1. The van der Waals surface area contributed by atoms with Crippen molar-refractivity contribution in [3.8, 4) is 0 Å². The lowest BCUT2D eigenvalue weighted by Crippen LogP contribution is -2.20. The van der Waals surface area contributed by atoms with Gasteiger partial charge in [0.15, 0.2) is 0 Å². The number of aliphatic hydroxyl groups is 1. The number of carbonyl (C=O) groups is 1. The minimum absolute atomic E-state index is 0.00978. The maximum Gasteiger partial charge on any atom is 0.247 e. The Morgan fingerprint density at radius 2 is 2.07 bits per heavy atom. The lowest BCUT2D eigenvalue weighted by atomic mass is 10.2. The summed E-state index contributed by atoms with van der Waals surface area (Å²) < 4.78 is 0. The van der Waals surface area contributed by atoms with Gasteiger partial charge in [0.05, 0.1) is 5.76 Å². The molecule has 1 amide bonds. The number of carbonyl (C=O) groups excluding carboxylic acids is 1. The fourth-order valence-electron chi connectivity index (χ4n) is 1.03. The number of aliphatic hydroxyl groups excluding tert-OH is 1. The Hall–Kier alpha value is -1.77. The smallest absolute Gasteiger partial charge is 0.247 e. The van der Waals surface area contributed by atoms with E-state index in [4.69, 9.17) is 5.11 Å². The van der Waals surface area contributed by atoms with Crippen molar-refractivity contribution in [1.29, 1.82) is 0 Å². The van der Waals surface area contributed by atoms with Gasteiger partial charge in [0.25, 0.3) is 0 Å². The van der Waals surface area contributed by atoms with Gasteiger partial charge < -0.3 is 10.4 Å². The van der Waals surface area contributed by atoms with Gasteiger partial charge in [-0.25, -0.2) is 0 Å². The van der Waals surface area contributed by atoms with E-state index in [0.29, 0.717) is 6.54 Å². The Morgan fingerprint density at radius 3 is 2.64 bits per heavy atom. The van der Waals surface area contributed by atoms with Crippen LogP contribution in [0.5, 0.6) is 0 Å². The van der Waals surface area contributed by atoms with Crippen LogP contribution in [0.15, 0.2) is 42.2 Å². The van der Waals surface area contributed by atoms with Crippen LogP contribution in [0.25, 0.3) is 0 Å². The molecule has 0 unspecified atom stereocenters. The number of amides is 1. The number of benzene rings is 1. The molecule has 74 valence electrons. The number of rotatable bonds is 3. The molecule has 0 radical (unpaired) electrons. The summed E-state index contributed by atoms with van der Waals surface area (Å²) in [4.78, 5) is 11.1. The largest absolute Gasteiger partial charge is 0.512 e. The van der Waals surface area contributed by atoms with Crippen molar-refractivity contribution in [1.82, 2.24) is 5.32 Å². The zero-order chi connectivity index (χ0) is 10.4. The molecule has 1 rings (SSSR count). The van der Waals surface area contributed by atoms with Crippen molar-refractivity contribution < 1.29 is 9.90 Å². The molecule has 0 saturated heterocycles. The first-order chi connectivity index (χ1) is 6.68. The van der Waals surface area contributed by atoms with Crippen molar-refractivity contribution in [2.45, 2.75) is 13.5 Å². The monoisotopic (exact) mass is 191 g/mol. The first kappa shape index (κ1) is 10.3. The van der Waals surface area contributed by atoms with Crippen LogP contribution < -0.4 is 5.32 Å². The van der Waals surface area contributed by atoms with Crippen molar-refractivity contribution in [3.63, 3.8) is 0 Å². The lowest BCUT2D eigenvalue weighted by molar-refractivity contribution is -0.116. The minimum Gasteiger partial charge on any atom is -0.512 e. The zero-order valence-electron chi connectivity index (χ0n) is 8.03. The molecule has 3 nitrogen and oxygen atoms in total. The highest BCUT2D eigenvalue weighted by Crippen LogP contribution is 1.97. The summed E-state index contributed by atoms with van der Waals surface area (Å²) in [6.45, 7) is 1.94. The van der Waals surface area contributed by atoms with Crippen LogP contribution in [-0.2, 0) is 11.3 Å². The van der Waals surface area contributed by atoms with E-state index in [-0.39, 0.29) is 11.7 Å². The van der Waals surface area contributed by atoms with E-state index in [9.17, 15) is 4.79 Å². The van der Waals surface area contributed by atoms with Crippen molar-refractivity contribution in [3.05, 3.63) is 47.7 Å². The highest BCUT2D eigenvalue weighted by Gasteiger charge is 1.96. The Morgan fingerprint density at radius 1 is 1.43 bits per heavy atom. The van der Waals surface area contributed by atoms with E-state index in [1.165, 1.54) is 6.92 Å². The van der Waals surface area contributed by atoms with Crippen LogP contribution in [0.3, 0.4) is 0 Å². The molecule has 0 aromatic heterocycles. The van der Waals surface area contributed by atoms with Crippen LogP contribution in [-0.4, -0.2) is 11.0 Å². The van der Waals surface area contributed by atoms with E-state index in [0.717, 1.165) is 11.6 Å². The van der Waals surface area contributed by atoms with Gasteiger partial charge in [-0.2, -0.15) is 0 Å². The predicted octanol–water partition coefficient (Wildman–Crippen LogP) is 1.76. The Bertz CT molecular complexity index is 326. The highest BCUT2D eigenvalue weighted by atomic mass is 16.3. The van der Waals surface area contributed by atoms with Crippen molar-refractivity contribution in [2.75, 3.05) is 0 Å². The molecule has 0 atom stereocenters. The summed E-state index contributed by atoms with van der Waals surface area (Å²) in [7, 11) is 0. The van der Waals surface area contributed by atoms with E-state index >= 15 is 0 Å². The molecule has 0 aliphatic heterocycles. The third-order valence-corrected chi connectivity index (χ3v) is 1.65. The summed E-state index contributed by atoms with van der Waals surface area (Å²) in [5.41, 5.74) is 1.03. The summed E-state index contributed by atoms with van der Waals surface area (Å²) in [6.07, 6.45) is 1.16. The van der Waals surface area contributed by atoms with E-state index in [2.05, 4.69) is 5.32 Å². The maximum absolute atomic E-state index is 11.1. The molecule has 1 aromatic rings. The summed E-state index contributed by atoms with van der Waals surface area (Å²) >= 11 is 0. The second-order valence-electron chi connectivity index (χ2n) is 2.99. The topological polar surface area (TPSA) is 49.3 Å². The second-order valence-corrected chi connectivity index (χ2v) is 2.99. The van der Waals surface area contributed by atoms with Crippen LogP contribution in [0.4, 0.5) is 0 Å². The molecular formula is C11H13NO2. The fraction of sp³-hybridized carbons (Fsp3) is 0.182. The molecule has 0 bridgehead atoms. The minimum atomic E-state index is -0.283. The first-order valence-corrected chi connectivity index (χ1v) is 4.37. The summed E-state index contributed by atoms with van der Waals surface area (Å²) in [5.74, 6) is -0.274. The van der Waals surface area contributed by atoms with Crippen LogP contribution in [0.1, 0.15) is 12.5 Å². The average Bonchev–Trinajstić information content (AvgIpc) is 2.15. The number of allylic oxidation sites excluding steroid dienone is 1. The molecule has 3 heteroatoms. The molecule has 0 aliphatic carbocycles. The van der Waals surface area contributed by atoms with Crippen molar-refractivity contribution in [2.24, 2.45) is 0 Å². The number of nitrogens with one attached hydrogen (secondary N) is 1. The molecule has 0 heterocycles. The Kier molecular flexibility index (Phi) is 3.73. The quantitative estimate of drug-likeness (QED) is 0.565. The van der Waals surface area contributed by atoms with Gasteiger partial charge in [0.2, 0.25) is 5.91 Å². The molecule has 0 fully saturated rings. The maximum atomic E-state index is 11.1. The molecule has 0 spiro atoms. The van der Waals surface area contributed by atoms with E-state index < -0.39 is 0 Å². The highest BCUT2D eigenvalue weighted by molar-refractivity contribution is 5.87. The molecule has 1 aromatic carbocycles. The van der Waals surface area contributed by atoms with Gasteiger partial charge in [-0.3, -0.25) is 4.79 Å². The van der Waals surface area contributed by atoms with Gasteiger partial charge in [-0.05, 0) is 12.5 Å². The predicted molar refractivity (Wildman–Crippen MR) is 54.7 cm³/mol. The molecule has 14 heavy (non-hydrogen) atoms. The normalized spacial score (nSPS) is 11.1. The van der Waals surface area contributed by atoms with E-state index in [1.54, 1.807) is 0 Å². The molecule has 2 N–H and O–H groups in total. The zero-order valence-corrected chi connectivity index (χ0v) is 8.03. The molecule has 0 saturated carbocycles. The number of hydrogen-bond acceptors (Lipinski definition) is 2. The van der Waals surface area contributed by atoms with Gasteiger partial charge in [0, 0.05) is 12.6 Å². The standard InChI is InChI=1S/C11H13NO2/c1-9(13)7-11(14)12-8-10-5-3-2-4-6-10/h2-7,13H,8H2,1H3,(H,12,14)/b9-7-. The van der Waals surface area contributed by atoms with Crippen LogP contribution in [0, 0.1) is 0 Å². The van der Waals surface area contributed by atoms with Crippen LogP contribution in [0.2, 0.25) is 0 Å². The van der Waals surface area contributed by atoms with E-state index in [1.807, 2.05) is 30.3 Å². The Labute approximate surface area is 83.1 Å². The first-order valence-electron chi connectivity index (χ1n) is 4.37. The van der Waals surface area contributed by atoms with Gasteiger partial charge >= 0.3 is 0 Å². The summed E-state index contributed by atoms with van der Waals surface area (Å²) in [6, 6.07) is 9.60. The average molecular weight is 191 g/mol. The van der Waals surface area contributed by atoms with Gasteiger partial charge in [0.1, 0.15) is 0 Å². The fourth-order valence-corrected chi connectivity index (χ4v) is 1.03. The third-order valence-electron chi connectivity index (χ3n) is 1.65. The van der Waals surface area contributed by atoms with Gasteiger partial charge in [-0.15, -0.1) is 0 Å². The second kappa shape index (κ2) is 5.07. The molecular weight excluding hydrogens is 178 g/mol.